The fraction of sp³-hybridized carbons (Fsp3) is 0.500. The Hall–Kier alpha value is -2.23. The first kappa shape index (κ1) is 26.0. The number of nitrogens with one attached hydrogen (secondary N) is 2. The van der Waals surface area contributed by atoms with Crippen LogP contribution in [0.25, 0.3) is 0 Å². The molecule has 176 valence electrons. The standard InChI is InChI=1S/C24H35N5O2.HI/c1-5-25-24(27-17-19(3)31-22-8-6-7-21(15-22)30-4)28-20-11-13-29(14-12-20)23-10-9-18(2)16-26-23;/h6-10,15-16,19-20H,5,11-14,17H2,1-4H3,(H2,25,27,28);1H. The predicted octanol–water partition coefficient (Wildman–Crippen LogP) is 4.01. The van der Waals surface area contributed by atoms with Crippen LogP contribution in [-0.4, -0.2) is 56.4 Å². The van der Waals surface area contributed by atoms with E-state index in [1.807, 2.05) is 37.4 Å². The Morgan fingerprint density at radius 3 is 2.62 bits per heavy atom. The molecule has 0 bridgehead atoms. The van der Waals surface area contributed by atoms with Crippen LogP contribution < -0.4 is 25.0 Å². The van der Waals surface area contributed by atoms with Crippen molar-refractivity contribution in [2.75, 3.05) is 38.2 Å². The highest BCUT2D eigenvalue weighted by Crippen LogP contribution is 2.20. The van der Waals surface area contributed by atoms with Crippen LogP contribution in [0.4, 0.5) is 5.82 Å². The van der Waals surface area contributed by atoms with Gasteiger partial charge in [-0.15, -0.1) is 24.0 Å². The van der Waals surface area contributed by atoms with E-state index >= 15 is 0 Å². The average molecular weight is 553 g/mol. The van der Waals surface area contributed by atoms with Crippen LogP contribution in [0.3, 0.4) is 0 Å². The molecule has 3 rings (SSSR count). The smallest absolute Gasteiger partial charge is 0.191 e. The summed E-state index contributed by atoms with van der Waals surface area (Å²) in [6.45, 7) is 9.54. The summed E-state index contributed by atoms with van der Waals surface area (Å²) in [4.78, 5) is 11.7. The van der Waals surface area contributed by atoms with Crippen molar-refractivity contribution in [3.8, 4) is 11.5 Å². The molecule has 1 atom stereocenters. The van der Waals surface area contributed by atoms with Gasteiger partial charge in [-0.05, 0) is 57.4 Å². The van der Waals surface area contributed by atoms with Crippen LogP contribution in [0.5, 0.6) is 11.5 Å². The van der Waals surface area contributed by atoms with Crippen LogP contribution in [0, 0.1) is 6.92 Å². The lowest BCUT2D eigenvalue weighted by Gasteiger charge is -2.34. The number of nitrogens with zero attached hydrogens (tertiary/aromatic N) is 3. The molecular formula is C24H36IN5O2. The van der Waals surface area contributed by atoms with Gasteiger partial charge in [-0.2, -0.15) is 0 Å². The van der Waals surface area contributed by atoms with E-state index in [0.29, 0.717) is 12.6 Å². The van der Waals surface area contributed by atoms with E-state index in [2.05, 4.69) is 46.5 Å². The summed E-state index contributed by atoms with van der Waals surface area (Å²) in [5.74, 6) is 3.48. The topological polar surface area (TPSA) is 71.0 Å². The minimum Gasteiger partial charge on any atom is -0.497 e. The van der Waals surface area contributed by atoms with Crippen molar-refractivity contribution in [2.45, 2.75) is 45.8 Å². The maximum atomic E-state index is 5.99. The Kier molecular flexibility index (Phi) is 10.9. The number of rotatable bonds is 8. The van der Waals surface area contributed by atoms with Crippen LogP contribution in [-0.2, 0) is 0 Å². The Balaban J connectivity index is 0.00000363. The Morgan fingerprint density at radius 1 is 1.22 bits per heavy atom. The summed E-state index contributed by atoms with van der Waals surface area (Å²) < 4.78 is 11.2. The highest BCUT2D eigenvalue weighted by Gasteiger charge is 2.21. The van der Waals surface area contributed by atoms with Gasteiger partial charge in [0.15, 0.2) is 5.96 Å². The number of aliphatic imine (C=N–C) groups is 1. The van der Waals surface area contributed by atoms with Crippen molar-refractivity contribution in [3.63, 3.8) is 0 Å². The van der Waals surface area contributed by atoms with E-state index in [1.165, 1.54) is 5.56 Å². The molecule has 0 radical (unpaired) electrons. The predicted molar refractivity (Wildman–Crippen MR) is 142 cm³/mol. The number of hydrogen-bond acceptors (Lipinski definition) is 5. The third-order valence-electron chi connectivity index (χ3n) is 5.28. The molecule has 1 aromatic carbocycles. The van der Waals surface area contributed by atoms with Gasteiger partial charge in [0.1, 0.15) is 23.4 Å². The summed E-state index contributed by atoms with van der Waals surface area (Å²) in [6.07, 6.45) is 3.99. The average Bonchev–Trinajstić information content (AvgIpc) is 2.79. The first-order valence-electron chi connectivity index (χ1n) is 11.1. The Bertz CT molecular complexity index is 839. The van der Waals surface area contributed by atoms with Crippen molar-refractivity contribution in [2.24, 2.45) is 4.99 Å². The van der Waals surface area contributed by atoms with E-state index in [1.54, 1.807) is 7.11 Å². The van der Waals surface area contributed by atoms with E-state index in [4.69, 9.17) is 14.5 Å². The number of piperidine rings is 1. The lowest BCUT2D eigenvalue weighted by atomic mass is 10.1. The minimum absolute atomic E-state index is 0. The van der Waals surface area contributed by atoms with Crippen molar-refractivity contribution < 1.29 is 9.47 Å². The van der Waals surface area contributed by atoms with E-state index in [-0.39, 0.29) is 30.1 Å². The molecule has 0 spiro atoms. The second-order valence-corrected chi connectivity index (χ2v) is 7.93. The summed E-state index contributed by atoms with van der Waals surface area (Å²) in [5.41, 5.74) is 1.19. The first-order chi connectivity index (χ1) is 15.1. The fourth-order valence-corrected chi connectivity index (χ4v) is 3.58. The second kappa shape index (κ2) is 13.3. The number of guanidine groups is 1. The highest BCUT2D eigenvalue weighted by atomic mass is 127. The first-order valence-corrected chi connectivity index (χ1v) is 11.1. The van der Waals surface area contributed by atoms with E-state index < -0.39 is 0 Å². The van der Waals surface area contributed by atoms with E-state index in [9.17, 15) is 0 Å². The Labute approximate surface area is 209 Å². The molecule has 2 aromatic rings. The number of ether oxygens (including phenoxy) is 2. The van der Waals surface area contributed by atoms with Gasteiger partial charge in [0.25, 0.3) is 0 Å². The molecule has 1 aliphatic rings. The van der Waals surface area contributed by atoms with Gasteiger partial charge in [0.2, 0.25) is 0 Å². The molecule has 1 fully saturated rings. The van der Waals surface area contributed by atoms with E-state index in [0.717, 1.165) is 55.8 Å². The fourth-order valence-electron chi connectivity index (χ4n) is 3.58. The van der Waals surface area contributed by atoms with Gasteiger partial charge in [0, 0.05) is 37.9 Å². The van der Waals surface area contributed by atoms with Crippen LogP contribution in [0.2, 0.25) is 0 Å². The third-order valence-corrected chi connectivity index (χ3v) is 5.28. The SMILES string of the molecule is CCNC(=NCC(C)Oc1cccc(OC)c1)NC1CCN(c2ccc(C)cn2)CC1.I. The lowest BCUT2D eigenvalue weighted by Crippen LogP contribution is -2.49. The zero-order valence-electron chi connectivity index (χ0n) is 19.5. The molecule has 1 aromatic heterocycles. The molecule has 1 aliphatic heterocycles. The van der Waals surface area contributed by atoms with Gasteiger partial charge in [-0.1, -0.05) is 12.1 Å². The maximum Gasteiger partial charge on any atom is 0.191 e. The number of benzene rings is 1. The van der Waals surface area contributed by atoms with Crippen LogP contribution >= 0.6 is 24.0 Å². The van der Waals surface area contributed by atoms with Crippen molar-refractivity contribution in [3.05, 3.63) is 48.2 Å². The number of anilines is 1. The van der Waals surface area contributed by atoms with Gasteiger partial charge < -0.3 is 25.0 Å². The van der Waals surface area contributed by atoms with Crippen LogP contribution in [0.15, 0.2) is 47.6 Å². The zero-order valence-corrected chi connectivity index (χ0v) is 21.8. The second-order valence-electron chi connectivity index (χ2n) is 7.93. The molecule has 7 nitrogen and oxygen atoms in total. The molecule has 8 heteroatoms. The Morgan fingerprint density at radius 2 is 1.97 bits per heavy atom. The molecule has 1 saturated heterocycles. The quantitative estimate of drug-likeness (QED) is 0.293. The molecule has 2 N–H and O–H groups in total. The largest absolute Gasteiger partial charge is 0.497 e. The number of halogens is 1. The molecule has 1 unspecified atom stereocenters. The highest BCUT2D eigenvalue weighted by molar-refractivity contribution is 14.0. The number of methoxy groups -OCH3 is 1. The lowest BCUT2D eigenvalue weighted by molar-refractivity contribution is 0.229. The number of hydrogen-bond donors (Lipinski definition) is 2. The number of aryl methyl sites for hydroxylation is 1. The zero-order chi connectivity index (χ0) is 22.1. The van der Waals surface area contributed by atoms with Gasteiger partial charge in [-0.3, -0.25) is 0 Å². The van der Waals surface area contributed by atoms with Crippen LogP contribution in [0.1, 0.15) is 32.3 Å². The minimum atomic E-state index is -0.0444. The third kappa shape index (κ3) is 8.03. The van der Waals surface area contributed by atoms with Gasteiger partial charge >= 0.3 is 0 Å². The number of aromatic nitrogens is 1. The summed E-state index contributed by atoms with van der Waals surface area (Å²) in [5, 5.41) is 6.95. The van der Waals surface area contributed by atoms with Gasteiger partial charge in [-0.25, -0.2) is 9.98 Å². The summed E-state index contributed by atoms with van der Waals surface area (Å²) >= 11 is 0. The monoisotopic (exact) mass is 553 g/mol. The van der Waals surface area contributed by atoms with Crippen molar-refractivity contribution in [1.82, 2.24) is 15.6 Å². The molecular weight excluding hydrogens is 517 g/mol. The summed E-state index contributed by atoms with van der Waals surface area (Å²) in [6, 6.07) is 12.3. The molecule has 0 amide bonds. The molecule has 0 aliphatic carbocycles. The van der Waals surface area contributed by atoms with Crippen molar-refractivity contribution in [1.29, 1.82) is 0 Å². The number of pyridine rings is 1. The van der Waals surface area contributed by atoms with Gasteiger partial charge in [0.05, 0.1) is 13.7 Å². The normalized spacial score (nSPS) is 15.5. The van der Waals surface area contributed by atoms with Crippen molar-refractivity contribution >= 4 is 35.8 Å². The summed E-state index contributed by atoms with van der Waals surface area (Å²) in [7, 11) is 1.66. The molecule has 2 heterocycles. The molecule has 32 heavy (non-hydrogen) atoms. The maximum absolute atomic E-state index is 5.99. The molecule has 0 saturated carbocycles.